The molecule has 0 heterocycles. The van der Waals surface area contributed by atoms with E-state index >= 15 is 0 Å². The molecular formula is C21H22O4. The predicted octanol–water partition coefficient (Wildman–Crippen LogP) is 3.58. The maximum absolute atomic E-state index is 12.1. The van der Waals surface area contributed by atoms with Gasteiger partial charge in [0.1, 0.15) is 0 Å². The fourth-order valence-electron chi connectivity index (χ4n) is 3.78. The van der Waals surface area contributed by atoms with Crippen LogP contribution in [0.1, 0.15) is 46.9 Å². The standard InChI is InChI=1S/C21H22O4/c1-24-20(22)12-18-16-9-5-3-7-14(16)11-15-8-4-6-10-17(15)19(18)13-21(23)25-2/h3-10,18-19H,11-13H2,1-2H3. The monoisotopic (exact) mass is 338 g/mol. The zero-order chi connectivity index (χ0) is 17.8. The number of methoxy groups -OCH3 is 2. The first-order valence-corrected chi connectivity index (χ1v) is 8.43. The third-order valence-corrected chi connectivity index (χ3v) is 5.00. The van der Waals surface area contributed by atoms with Crippen LogP contribution >= 0.6 is 0 Å². The van der Waals surface area contributed by atoms with Crippen molar-refractivity contribution in [2.75, 3.05) is 14.2 Å². The number of ether oxygens (including phenoxy) is 2. The first-order chi connectivity index (χ1) is 12.1. The van der Waals surface area contributed by atoms with Crippen LogP contribution in [0.25, 0.3) is 0 Å². The maximum atomic E-state index is 12.1. The number of esters is 2. The van der Waals surface area contributed by atoms with Crippen molar-refractivity contribution in [2.45, 2.75) is 31.1 Å². The summed E-state index contributed by atoms with van der Waals surface area (Å²) in [5.74, 6) is -0.777. The van der Waals surface area contributed by atoms with Gasteiger partial charge >= 0.3 is 11.9 Å². The second-order valence-corrected chi connectivity index (χ2v) is 6.35. The van der Waals surface area contributed by atoms with Crippen LogP contribution in [0.2, 0.25) is 0 Å². The summed E-state index contributed by atoms with van der Waals surface area (Å²) in [7, 11) is 2.79. The lowest BCUT2D eigenvalue weighted by Gasteiger charge is -2.26. The van der Waals surface area contributed by atoms with Crippen LogP contribution < -0.4 is 0 Å². The Hall–Kier alpha value is -2.62. The lowest BCUT2D eigenvalue weighted by atomic mass is 9.77. The van der Waals surface area contributed by atoms with E-state index in [2.05, 4.69) is 24.3 Å². The summed E-state index contributed by atoms with van der Waals surface area (Å²) in [4.78, 5) is 24.2. The smallest absolute Gasteiger partial charge is 0.306 e. The van der Waals surface area contributed by atoms with E-state index in [1.165, 1.54) is 25.3 Å². The molecule has 130 valence electrons. The molecular weight excluding hydrogens is 316 g/mol. The Morgan fingerprint density at radius 2 is 1.20 bits per heavy atom. The first kappa shape index (κ1) is 17.2. The zero-order valence-electron chi connectivity index (χ0n) is 14.5. The van der Waals surface area contributed by atoms with Gasteiger partial charge in [0.25, 0.3) is 0 Å². The van der Waals surface area contributed by atoms with Gasteiger partial charge in [-0.15, -0.1) is 0 Å². The Morgan fingerprint density at radius 3 is 1.60 bits per heavy atom. The van der Waals surface area contributed by atoms with E-state index in [0.29, 0.717) is 0 Å². The van der Waals surface area contributed by atoms with E-state index in [4.69, 9.17) is 9.47 Å². The molecule has 0 spiro atoms. The van der Waals surface area contributed by atoms with E-state index in [9.17, 15) is 9.59 Å². The number of carbonyl (C=O) groups is 2. The third kappa shape index (κ3) is 3.58. The van der Waals surface area contributed by atoms with Crippen LogP contribution in [-0.2, 0) is 25.5 Å². The number of rotatable bonds is 4. The van der Waals surface area contributed by atoms with E-state index in [-0.39, 0.29) is 36.6 Å². The molecule has 2 aromatic carbocycles. The predicted molar refractivity (Wildman–Crippen MR) is 94.4 cm³/mol. The summed E-state index contributed by atoms with van der Waals surface area (Å²) in [6, 6.07) is 16.3. The molecule has 4 nitrogen and oxygen atoms in total. The van der Waals surface area contributed by atoms with E-state index in [1.807, 2.05) is 24.3 Å². The van der Waals surface area contributed by atoms with E-state index in [0.717, 1.165) is 17.5 Å². The van der Waals surface area contributed by atoms with Crippen LogP contribution in [0.4, 0.5) is 0 Å². The average molecular weight is 338 g/mol. The molecule has 0 N–H and O–H groups in total. The highest BCUT2D eigenvalue weighted by atomic mass is 16.5. The molecule has 1 aliphatic rings. The number of fused-ring (bicyclic) bond motifs is 2. The summed E-state index contributed by atoms with van der Waals surface area (Å²) in [5, 5.41) is 0. The molecule has 0 aliphatic heterocycles. The van der Waals surface area contributed by atoms with Gasteiger partial charge < -0.3 is 9.47 Å². The molecule has 0 saturated heterocycles. The number of carbonyl (C=O) groups excluding carboxylic acids is 2. The van der Waals surface area contributed by atoms with Crippen LogP contribution in [0, 0.1) is 0 Å². The van der Waals surface area contributed by atoms with Gasteiger partial charge in [-0.1, -0.05) is 48.5 Å². The molecule has 1 aliphatic carbocycles. The topological polar surface area (TPSA) is 52.6 Å². The summed E-state index contributed by atoms with van der Waals surface area (Å²) in [6.45, 7) is 0. The van der Waals surface area contributed by atoms with Crippen molar-refractivity contribution in [1.82, 2.24) is 0 Å². The van der Waals surface area contributed by atoms with Gasteiger partial charge in [-0.3, -0.25) is 9.59 Å². The van der Waals surface area contributed by atoms with Crippen LogP contribution in [0.3, 0.4) is 0 Å². The molecule has 25 heavy (non-hydrogen) atoms. The van der Waals surface area contributed by atoms with Crippen molar-refractivity contribution < 1.29 is 19.1 Å². The normalized spacial score (nSPS) is 18.5. The molecule has 0 aromatic heterocycles. The summed E-state index contributed by atoms with van der Waals surface area (Å²) in [6.07, 6.45) is 1.27. The molecule has 0 bridgehead atoms. The van der Waals surface area contributed by atoms with Crippen LogP contribution in [0.15, 0.2) is 48.5 Å². The lowest BCUT2D eigenvalue weighted by molar-refractivity contribution is -0.143. The minimum Gasteiger partial charge on any atom is -0.469 e. The zero-order valence-corrected chi connectivity index (χ0v) is 14.5. The molecule has 0 fully saturated rings. The van der Waals surface area contributed by atoms with Crippen molar-refractivity contribution in [3.63, 3.8) is 0 Å². The van der Waals surface area contributed by atoms with Crippen molar-refractivity contribution in [1.29, 1.82) is 0 Å². The second-order valence-electron chi connectivity index (χ2n) is 6.35. The molecule has 2 aromatic rings. The fourth-order valence-corrected chi connectivity index (χ4v) is 3.78. The number of hydrogen-bond acceptors (Lipinski definition) is 4. The Kier molecular flexibility index (Phi) is 5.17. The molecule has 3 rings (SSSR count). The van der Waals surface area contributed by atoms with E-state index in [1.54, 1.807) is 0 Å². The quantitative estimate of drug-likeness (QED) is 0.800. The van der Waals surface area contributed by atoms with E-state index < -0.39 is 0 Å². The summed E-state index contributed by atoms with van der Waals surface area (Å²) >= 11 is 0. The Bertz CT molecular complexity index is 715. The van der Waals surface area contributed by atoms with Crippen molar-refractivity contribution in [2.24, 2.45) is 0 Å². The minimum absolute atomic E-state index is 0.119. The lowest BCUT2D eigenvalue weighted by Crippen LogP contribution is -2.20. The molecule has 0 saturated carbocycles. The molecule has 2 unspecified atom stereocenters. The van der Waals surface area contributed by atoms with Crippen molar-refractivity contribution in [3.05, 3.63) is 70.8 Å². The van der Waals surface area contributed by atoms with Gasteiger partial charge in [0.15, 0.2) is 0 Å². The first-order valence-electron chi connectivity index (χ1n) is 8.43. The minimum atomic E-state index is -0.269. The second kappa shape index (κ2) is 7.51. The fraction of sp³-hybridized carbons (Fsp3) is 0.333. The molecule has 0 radical (unpaired) electrons. The highest BCUT2D eigenvalue weighted by molar-refractivity contribution is 5.73. The Morgan fingerprint density at radius 1 is 0.800 bits per heavy atom. The van der Waals surface area contributed by atoms with Gasteiger partial charge in [-0.05, 0) is 28.7 Å². The van der Waals surface area contributed by atoms with Gasteiger partial charge in [0.2, 0.25) is 0 Å². The highest BCUT2D eigenvalue weighted by Crippen LogP contribution is 2.44. The van der Waals surface area contributed by atoms with Gasteiger partial charge in [0.05, 0.1) is 27.1 Å². The van der Waals surface area contributed by atoms with Gasteiger partial charge in [-0.25, -0.2) is 0 Å². The molecule has 4 heteroatoms. The van der Waals surface area contributed by atoms with Gasteiger partial charge in [-0.2, -0.15) is 0 Å². The highest BCUT2D eigenvalue weighted by Gasteiger charge is 2.34. The van der Waals surface area contributed by atoms with Crippen LogP contribution in [-0.4, -0.2) is 26.2 Å². The Balaban J connectivity index is 2.14. The molecule has 0 amide bonds. The Labute approximate surface area is 147 Å². The third-order valence-electron chi connectivity index (χ3n) is 5.00. The average Bonchev–Trinajstić information content (AvgIpc) is 2.77. The van der Waals surface area contributed by atoms with Crippen molar-refractivity contribution in [3.8, 4) is 0 Å². The summed E-state index contributed by atoms with van der Waals surface area (Å²) < 4.78 is 9.84. The van der Waals surface area contributed by atoms with Crippen LogP contribution in [0.5, 0.6) is 0 Å². The van der Waals surface area contributed by atoms with Gasteiger partial charge in [0, 0.05) is 11.8 Å². The number of hydrogen-bond donors (Lipinski definition) is 0. The van der Waals surface area contributed by atoms with Crippen molar-refractivity contribution >= 4 is 11.9 Å². The molecule has 2 atom stereocenters. The maximum Gasteiger partial charge on any atom is 0.306 e. The number of benzene rings is 2. The summed E-state index contributed by atoms with van der Waals surface area (Å²) in [5.41, 5.74) is 4.60. The SMILES string of the molecule is COC(=O)CC1c2ccccc2Cc2ccccc2C1CC(=O)OC. The largest absolute Gasteiger partial charge is 0.469 e.